The summed E-state index contributed by atoms with van der Waals surface area (Å²) >= 11 is 0. The first-order chi connectivity index (χ1) is 17.0. The Morgan fingerprint density at radius 2 is 1.66 bits per heavy atom. The van der Waals surface area contributed by atoms with Crippen molar-refractivity contribution in [1.82, 2.24) is 20.4 Å². The van der Waals surface area contributed by atoms with E-state index in [0.29, 0.717) is 23.6 Å². The van der Waals surface area contributed by atoms with Crippen molar-refractivity contribution in [3.05, 3.63) is 102 Å². The zero-order valence-corrected chi connectivity index (χ0v) is 19.2. The van der Waals surface area contributed by atoms with Crippen LogP contribution in [0.15, 0.2) is 85.1 Å². The molecule has 0 bridgehead atoms. The summed E-state index contributed by atoms with van der Waals surface area (Å²) in [6, 6.07) is 22.3. The molecule has 1 aromatic heterocycles. The monoisotopic (exact) mass is 472 g/mol. The molecule has 0 aliphatic heterocycles. The van der Waals surface area contributed by atoms with Gasteiger partial charge in [0.2, 0.25) is 5.91 Å². The molecule has 4 aromatic rings. The fraction of sp³-hybridized carbons (Fsp3) is 0.148. The van der Waals surface area contributed by atoms with Gasteiger partial charge in [0, 0.05) is 29.4 Å². The van der Waals surface area contributed by atoms with Gasteiger partial charge < -0.3 is 15.4 Å². The fourth-order valence-electron chi connectivity index (χ4n) is 3.49. The summed E-state index contributed by atoms with van der Waals surface area (Å²) in [5, 5.41) is 10.1. The molecule has 0 fully saturated rings. The van der Waals surface area contributed by atoms with E-state index in [0.717, 1.165) is 16.8 Å². The average Bonchev–Trinajstić information content (AvgIpc) is 3.32. The van der Waals surface area contributed by atoms with Crippen molar-refractivity contribution in [3.8, 4) is 22.7 Å². The standard InChI is InChI=1S/C27H25FN4O3/c1-2-35-24-14-10-20(11-15-24)27(34)30-17-25(33)29-16-21-18-32(23-6-4-3-5-7-23)31-26(21)19-8-12-22(28)13-9-19/h3-15,18H,2,16-17H2,1H3,(H,29,33)(H,30,34). The predicted molar refractivity (Wildman–Crippen MR) is 131 cm³/mol. The average molecular weight is 473 g/mol. The van der Waals surface area contributed by atoms with Gasteiger partial charge in [-0.1, -0.05) is 18.2 Å². The maximum atomic E-state index is 13.4. The molecule has 0 saturated carbocycles. The molecule has 2 amide bonds. The number of hydrogen-bond donors (Lipinski definition) is 2. The maximum absolute atomic E-state index is 13.4. The lowest BCUT2D eigenvalue weighted by Gasteiger charge is -2.08. The Balaban J connectivity index is 1.41. The zero-order valence-electron chi connectivity index (χ0n) is 19.2. The quantitative estimate of drug-likeness (QED) is 0.384. The van der Waals surface area contributed by atoms with E-state index in [4.69, 9.17) is 4.74 Å². The summed E-state index contributed by atoms with van der Waals surface area (Å²) in [6.45, 7) is 2.44. The SMILES string of the molecule is CCOc1ccc(C(=O)NCC(=O)NCc2cn(-c3ccccc3)nc2-c2ccc(F)cc2)cc1. The van der Waals surface area contributed by atoms with Crippen molar-refractivity contribution in [3.63, 3.8) is 0 Å². The second-order valence-electron chi connectivity index (χ2n) is 7.71. The lowest BCUT2D eigenvalue weighted by Crippen LogP contribution is -2.36. The van der Waals surface area contributed by atoms with Crippen LogP contribution in [-0.2, 0) is 11.3 Å². The Hall–Kier alpha value is -4.46. The van der Waals surface area contributed by atoms with Crippen LogP contribution < -0.4 is 15.4 Å². The molecule has 35 heavy (non-hydrogen) atoms. The summed E-state index contributed by atoms with van der Waals surface area (Å²) in [6.07, 6.45) is 1.83. The molecule has 8 heteroatoms. The topological polar surface area (TPSA) is 85.2 Å². The molecule has 0 aliphatic rings. The summed E-state index contributed by atoms with van der Waals surface area (Å²) in [7, 11) is 0. The number of aromatic nitrogens is 2. The van der Waals surface area contributed by atoms with Gasteiger partial charge in [-0.25, -0.2) is 9.07 Å². The minimum atomic E-state index is -0.355. The molecule has 0 atom stereocenters. The summed E-state index contributed by atoms with van der Waals surface area (Å²) in [5.41, 5.74) is 3.41. The van der Waals surface area contributed by atoms with E-state index in [1.807, 2.05) is 43.5 Å². The second-order valence-corrected chi connectivity index (χ2v) is 7.71. The largest absolute Gasteiger partial charge is 0.494 e. The number of para-hydroxylation sites is 1. The van der Waals surface area contributed by atoms with Crippen LogP contribution in [0.3, 0.4) is 0 Å². The van der Waals surface area contributed by atoms with Crippen molar-refractivity contribution in [2.24, 2.45) is 0 Å². The molecule has 0 spiro atoms. The Labute approximate surface area is 202 Å². The number of nitrogens with one attached hydrogen (secondary N) is 2. The number of carbonyl (C=O) groups excluding carboxylic acids is 2. The Bertz CT molecular complexity index is 1290. The van der Waals surface area contributed by atoms with Crippen LogP contribution in [0.5, 0.6) is 5.75 Å². The molecule has 2 N–H and O–H groups in total. The van der Waals surface area contributed by atoms with Gasteiger partial charge >= 0.3 is 0 Å². The van der Waals surface area contributed by atoms with Gasteiger partial charge in [0.15, 0.2) is 0 Å². The van der Waals surface area contributed by atoms with Gasteiger partial charge in [0.05, 0.1) is 24.5 Å². The first kappa shape index (κ1) is 23.7. The number of amides is 2. The lowest BCUT2D eigenvalue weighted by molar-refractivity contribution is -0.120. The first-order valence-electron chi connectivity index (χ1n) is 11.2. The molecular formula is C27H25FN4O3. The van der Waals surface area contributed by atoms with Crippen LogP contribution in [0.4, 0.5) is 4.39 Å². The van der Waals surface area contributed by atoms with Crippen LogP contribution in [-0.4, -0.2) is 34.7 Å². The van der Waals surface area contributed by atoms with Crippen LogP contribution in [0, 0.1) is 5.82 Å². The van der Waals surface area contributed by atoms with Gasteiger partial charge in [-0.3, -0.25) is 9.59 Å². The molecule has 0 radical (unpaired) electrons. The van der Waals surface area contributed by atoms with E-state index in [1.165, 1.54) is 12.1 Å². The van der Waals surface area contributed by atoms with E-state index in [2.05, 4.69) is 15.7 Å². The van der Waals surface area contributed by atoms with E-state index in [1.54, 1.807) is 41.1 Å². The van der Waals surface area contributed by atoms with Crippen molar-refractivity contribution in [1.29, 1.82) is 0 Å². The minimum Gasteiger partial charge on any atom is -0.494 e. The maximum Gasteiger partial charge on any atom is 0.251 e. The second kappa shape index (κ2) is 11.1. The highest BCUT2D eigenvalue weighted by molar-refractivity contribution is 5.96. The summed E-state index contributed by atoms with van der Waals surface area (Å²) < 4.78 is 20.5. The van der Waals surface area contributed by atoms with E-state index >= 15 is 0 Å². The molecule has 178 valence electrons. The van der Waals surface area contributed by atoms with E-state index in [9.17, 15) is 14.0 Å². The number of nitrogens with zero attached hydrogens (tertiary/aromatic N) is 2. The molecular weight excluding hydrogens is 447 g/mol. The number of hydrogen-bond acceptors (Lipinski definition) is 4. The number of benzene rings is 3. The van der Waals surface area contributed by atoms with Crippen molar-refractivity contribution in [2.75, 3.05) is 13.2 Å². The van der Waals surface area contributed by atoms with Crippen molar-refractivity contribution < 1.29 is 18.7 Å². The molecule has 7 nitrogen and oxygen atoms in total. The van der Waals surface area contributed by atoms with E-state index in [-0.39, 0.29) is 30.7 Å². The highest BCUT2D eigenvalue weighted by atomic mass is 19.1. The molecule has 0 aliphatic carbocycles. The summed E-state index contributed by atoms with van der Waals surface area (Å²) in [5.74, 6) is -0.363. The lowest BCUT2D eigenvalue weighted by atomic mass is 10.1. The van der Waals surface area contributed by atoms with Crippen LogP contribution >= 0.6 is 0 Å². The van der Waals surface area contributed by atoms with Gasteiger partial charge in [-0.15, -0.1) is 0 Å². The van der Waals surface area contributed by atoms with Crippen LogP contribution in [0.1, 0.15) is 22.8 Å². The van der Waals surface area contributed by atoms with Gasteiger partial charge in [-0.2, -0.15) is 5.10 Å². The third kappa shape index (κ3) is 6.11. The Morgan fingerprint density at radius 3 is 2.34 bits per heavy atom. The molecule has 1 heterocycles. The Kier molecular flexibility index (Phi) is 7.52. The highest BCUT2D eigenvalue weighted by Gasteiger charge is 2.14. The van der Waals surface area contributed by atoms with Crippen LogP contribution in [0.25, 0.3) is 16.9 Å². The fourth-order valence-corrected chi connectivity index (χ4v) is 3.49. The van der Waals surface area contributed by atoms with Crippen molar-refractivity contribution >= 4 is 11.8 Å². The molecule has 0 unspecified atom stereocenters. The minimum absolute atomic E-state index is 0.176. The number of carbonyl (C=O) groups is 2. The zero-order chi connectivity index (χ0) is 24.6. The Morgan fingerprint density at radius 1 is 0.943 bits per heavy atom. The predicted octanol–water partition coefficient (Wildman–Crippen LogP) is 4.12. The smallest absolute Gasteiger partial charge is 0.251 e. The number of rotatable bonds is 9. The number of halogens is 1. The van der Waals surface area contributed by atoms with Gasteiger partial charge in [0.1, 0.15) is 11.6 Å². The van der Waals surface area contributed by atoms with Gasteiger partial charge in [0.25, 0.3) is 5.91 Å². The third-order valence-electron chi connectivity index (χ3n) is 5.24. The van der Waals surface area contributed by atoms with Gasteiger partial charge in [-0.05, 0) is 67.6 Å². The highest BCUT2D eigenvalue weighted by Crippen LogP contribution is 2.24. The molecule has 0 saturated heterocycles. The number of ether oxygens (including phenoxy) is 1. The van der Waals surface area contributed by atoms with E-state index < -0.39 is 0 Å². The summed E-state index contributed by atoms with van der Waals surface area (Å²) in [4.78, 5) is 24.8. The normalized spacial score (nSPS) is 10.6. The van der Waals surface area contributed by atoms with Crippen molar-refractivity contribution in [2.45, 2.75) is 13.5 Å². The molecule has 3 aromatic carbocycles. The first-order valence-corrected chi connectivity index (χ1v) is 11.2. The van der Waals surface area contributed by atoms with Crippen LogP contribution in [0.2, 0.25) is 0 Å². The molecule has 4 rings (SSSR count). The third-order valence-corrected chi connectivity index (χ3v) is 5.24.